The molecule has 8 heteroatoms. The van der Waals surface area contributed by atoms with Gasteiger partial charge in [-0.15, -0.1) is 10.2 Å². The second-order valence-corrected chi connectivity index (χ2v) is 9.19. The van der Waals surface area contributed by atoms with Crippen LogP contribution in [0.2, 0.25) is 0 Å². The third-order valence-corrected chi connectivity index (χ3v) is 6.97. The highest BCUT2D eigenvalue weighted by molar-refractivity contribution is 6.01. The Balaban J connectivity index is 1.13. The molecule has 0 aliphatic carbocycles. The quantitative estimate of drug-likeness (QED) is 0.443. The number of carbonyl (C=O) groups is 1. The summed E-state index contributed by atoms with van der Waals surface area (Å²) in [6.07, 6.45) is 3.74. The molecule has 2 aromatic carbocycles. The van der Waals surface area contributed by atoms with Crippen molar-refractivity contribution in [3.8, 4) is 11.3 Å². The number of anilines is 2. The minimum absolute atomic E-state index is 0.0262. The Bertz CT molecular complexity index is 1310. The summed E-state index contributed by atoms with van der Waals surface area (Å²) in [6.45, 7) is 4.86. The molecule has 0 atom stereocenters. The smallest absolute Gasteiger partial charge is 0.254 e. The standard InChI is InChI=1S/C27H28N6O2/c34-27(21-9-10-23-22(19-21)26(35-30-23)20-7-3-1-4-8-20)33-17-15-32(16-18-33)25-12-11-24(28-29-25)31-13-5-2-6-14-31/h1,3-4,7-12,19H,2,5-6,13-18H2. The molecule has 0 unspecified atom stereocenters. The van der Waals surface area contributed by atoms with Crippen molar-refractivity contribution in [2.24, 2.45) is 0 Å². The third kappa shape index (κ3) is 4.32. The van der Waals surface area contributed by atoms with E-state index in [9.17, 15) is 4.79 Å². The minimum atomic E-state index is 0.0262. The third-order valence-electron chi connectivity index (χ3n) is 6.97. The number of hydrogen-bond donors (Lipinski definition) is 0. The molecule has 0 saturated carbocycles. The van der Waals surface area contributed by atoms with Crippen LogP contribution in [0, 0.1) is 0 Å². The van der Waals surface area contributed by atoms with Gasteiger partial charge in [0, 0.05) is 50.4 Å². The Hall–Kier alpha value is -3.94. The number of amides is 1. The van der Waals surface area contributed by atoms with Crippen molar-refractivity contribution < 1.29 is 9.32 Å². The van der Waals surface area contributed by atoms with E-state index in [-0.39, 0.29) is 5.91 Å². The second kappa shape index (κ2) is 9.37. The fourth-order valence-corrected chi connectivity index (χ4v) is 4.97. The van der Waals surface area contributed by atoms with Crippen LogP contribution in [0.5, 0.6) is 0 Å². The number of carbonyl (C=O) groups excluding carboxylic acids is 1. The van der Waals surface area contributed by atoms with Crippen LogP contribution in [0.15, 0.2) is 65.2 Å². The van der Waals surface area contributed by atoms with Gasteiger partial charge in [0.05, 0.1) is 5.39 Å². The topological polar surface area (TPSA) is 78.6 Å². The van der Waals surface area contributed by atoms with Gasteiger partial charge in [-0.25, -0.2) is 0 Å². The zero-order valence-corrected chi connectivity index (χ0v) is 19.6. The first-order valence-electron chi connectivity index (χ1n) is 12.3. The van der Waals surface area contributed by atoms with Crippen LogP contribution in [-0.4, -0.2) is 65.4 Å². The molecule has 2 aromatic heterocycles. The van der Waals surface area contributed by atoms with Crippen molar-refractivity contribution in [1.29, 1.82) is 0 Å². The predicted octanol–water partition coefficient (Wildman–Crippen LogP) is 4.24. The molecule has 0 radical (unpaired) electrons. The molecule has 0 bridgehead atoms. The van der Waals surface area contributed by atoms with Gasteiger partial charge in [0.1, 0.15) is 5.52 Å². The van der Waals surface area contributed by atoms with E-state index in [1.54, 1.807) is 0 Å². The first-order valence-corrected chi connectivity index (χ1v) is 12.3. The number of hydrogen-bond acceptors (Lipinski definition) is 7. The fourth-order valence-electron chi connectivity index (χ4n) is 4.97. The summed E-state index contributed by atoms with van der Waals surface area (Å²) in [5.41, 5.74) is 2.34. The predicted molar refractivity (Wildman–Crippen MR) is 136 cm³/mol. The fraction of sp³-hybridized carbons (Fsp3) is 0.333. The molecule has 2 aliphatic heterocycles. The summed E-state index contributed by atoms with van der Waals surface area (Å²) in [4.78, 5) is 19.7. The van der Waals surface area contributed by atoms with E-state index in [0.717, 1.165) is 54.3 Å². The monoisotopic (exact) mass is 468 g/mol. The van der Waals surface area contributed by atoms with E-state index >= 15 is 0 Å². The zero-order valence-electron chi connectivity index (χ0n) is 19.6. The Morgan fingerprint density at radius 1 is 0.743 bits per heavy atom. The van der Waals surface area contributed by atoms with Gasteiger partial charge < -0.3 is 19.2 Å². The lowest BCUT2D eigenvalue weighted by Gasteiger charge is -2.35. The molecule has 2 aliphatic rings. The lowest BCUT2D eigenvalue weighted by atomic mass is 10.1. The number of fused-ring (bicyclic) bond motifs is 1. The average molecular weight is 469 g/mol. The van der Waals surface area contributed by atoms with Gasteiger partial charge in [-0.2, -0.15) is 0 Å². The highest BCUT2D eigenvalue weighted by Crippen LogP contribution is 2.29. The summed E-state index contributed by atoms with van der Waals surface area (Å²) >= 11 is 0. The Morgan fingerprint density at radius 2 is 1.43 bits per heavy atom. The lowest BCUT2D eigenvalue weighted by Crippen LogP contribution is -2.49. The van der Waals surface area contributed by atoms with Crippen molar-refractivity contribution in [1.82, 2.24) is 20.3 Å². The summed E-state index contributed by atoms with van der Waals surface area (Å²) < 4.78 is 5.59. The van der Waals surface area contributed by atoms with Crippen LogP contribution in [-0.2, 0) is 0 Å². The van der Waals surface area contributed by atoms with Crippen molar-refractivity contribution in [3.05, 3.63) is 66.2 Å². The zero-order chi connectivity index (χ0) is 23.6. The summed E-state index contributed by atoms with van der Waals surface area (Å²) in [7, 11) is 0. The number of piperidine rings is 1. The van der Waals surface area contributed by atoms with E-state index in [2.05, 4.69) is 37.3 Å². The number of nitrogens with zero attached hydrogens (tertiary/aromatic N) is 6. The van der Waals surface area contributed by atoms with Crippen LogP contribution in [0.25, 0.3) is 22.2 Å². The van der Waals surface area contributed by atoms with Gasteiger partial charge in [-0.05, 0) is 49.6 Å². The maximum Gasteiger partial charge on any atom is 0.254 e. The molecular formula is C27H28N6O2. The van der Waals surface area contributed by atoms with Gasteiger partial charge in [0.2, 0.25) is 0 Å². The maximum atomic E-state index is 13.3. The molecular weight excluding hydrogens is 440 g/mol. The number of rotatable bonds is 4. The number of benzene rings is 2. The van der Waals surface area contributed by atoms with Gasteiger partial charge in [0.25, 0.3) is 5.91 Å². The van der Waals surface area contributed by atoms with Crippen LogP contribution in [0.3, 0.4) is 0 Å². The van der Waals surface area contributed by atoms with Crippen molar-refractivity contribution in [2.75, 3.05) is 49.1 Å². The van der Waals surface area contributed by atoms with Gasteiger partial charge in [0.15, 0.2) is 17.4 Å². The second-order valence-electron chi connectivity index (χ2n) is 9.19. The van der Waals surface area contributed by atoms with Gasteiger partial charge >= 0.3 is 0 Å². The van der Waals surface area contributed by atoms with E-state index in [0.29, 0.717) is 24.4 Å². The highest BCUT2D eigenvalue weighted by Gasteiger charge is 2.24. The molecule has 6 rings (SSSR count). The summed E-state index contributed by atoms with van der Waals surface area (Å²) in [5.74, 6) is 2.54. The minimum Gasteiger partial charge on any atom is -0.355 e. The van der Waals surface area contributed by atoms with Crippen LogP contribution >= 0.6 is 0 Å². The van der Waals surface area contributed by atoms with E-state index in [1.165, 1.54) is 19.3 Å². The average Bonchev–Trinajstić information content (AvgIpc) is 3.37. The molecule has 178 valence electrons. The molecule has 8 nitrogen and oxygen atoms in total. The molecule has 2 saturated heterocycles. The van der Waals surface area contributed by atoms with Crippen molar-refractivity contribution >= 4 is 28.4 Å². The molecule has 4 heterocycles. The molecule has 2 fully saturated rings. The van der Waals surface area contributed by atoms with E-state index in [4.69, 9.17) is 4.52 Å². The molecule has 1 amide bonds. The number of piperazine rings is 1. The molecule has 35 heavy (non-hydrogen) atoms. The molecule has 4 aromatic rings. The Labute approximate surface area is 204 Å². The first kappa shape index (κ1) is 21.6. The SMILES string of the molecule is O=C(c1ccc2noc(-c3ccccc3)c2c1)N1CCN(c2ccc(N3CCCCC3)nn2)CC1. The first-order chi connectivity index (χ1) is 17.3. The molecule has 0 spiro atoms. The van der Waals surface area contributed by atoms with Crippen LogP contribution in [0.4, 0.5) is 11.6 Å². The number of aromatic nitrogens is 3. The van der Waals surface area contributed by atoms with E-state index in [1.807, 2.05) is 53.4 Å². The van der Waals surface area contributed by atoms with Crippen molar-refractivity contribution in [3.63, 3.8) is 0 Å². The lowest BCUT2D eigenvalue weighted by molar-refractivity contribution is 0.0746. The van der Waals surface area contributed by atoms with E-state index < -0.39 is 0 Å². The largest absolute Gasteiger partial charge is 0.355 e. The Morgan fingerprint density at radius 3 is 2.11 bits per heavy atom. The maximum absolute atomic E-state index is 13.3. The van der Waals surface area contributed by atoms with Crippen molar-refractivity contribution in [2.45, 2.75) is 19.3 Å². The van der Waals surface area contributed by atoms with Gasteiger partial charge in [-0.3, -0.25) is 4.79 Å². The summed E-state index contributed by atoms with van der Waals surface area (Å²) in [5, 5.41) is 14.0. The summed E-state index contributed by atoms with van der Waals surface area (Å²) in [6, 6.07) is 19.6. The molecule has 0 N–H and O–H groups in total. The van der Waals surface area contributed by atoms with Crippen LogP contribution in [0.1, 0.15) is 29.6 Å². The highest BCUT2D eigenvalue weighted by atomic mass is 16.5. The Kier molecular flexibility index (Phi) is 5.78. The van der Waals surface area contributed by atoms with Crippen LogP contribution < -0.4 is 9.80 Å². The van der Waals surface area contributed by atoms with Gasteiger partial charge in [-0.1, -0.05) is 35.5 Å². The normalized spacial score (nSPS) is 16.6.